The second-order valence-electron chi connectivity index (χ2n) is 10.2. The number of aromatic amines is 1. The Bertz CT molecular complexity index is 1710. The van der Waals surface area contributed by atoms with Gasteiger partial charge >= 0.3 is 0 Å². The molecular weight excluding hydrogens is 492 g/mol. The first kappa shape index (κ1) is 24.9. The van der Waals surface area contributed by atoms with Crippen LogP contribution in [0.1, 0.15) is 24.5 Å². The standard InChI is InChI=1S/C29H32N8O2/c1-4-35(2)16-18-9-12-20(13-10-18)37-27-22(25-24(28(37)38)26(30)34-33-25)15-31-29(32-27)36(3)17-21-14-11-19-7-5-6-8-23(19)39-21/h5-10,12-13,15,21H,4,11,14,16-17H2,1-3H3,(H3,30,33,34)/t21-/m1/s1. The molecule has 2 aromatic carbocycles. The van der Waals surface area contributed by atoms with Gasteiger partial charge in [0.2, 0.25) is 5.95 Å². The fraction of sp³-hybridized carbons (Fsp3) is 0.310. The number of rotatable bonds is 7. The molecule has 1 aliphatic rings. The van der Waals surface area contributed by atoms with E-state index < -0.39 is 0 Å². The number of hydrogen-bond donors (Lipinski definition) is 2. The van der Waals surface area contributed by atoms with Gasteiger partial charge in [0.25, 0.3) is 5.56 Å². The number of para-hydroxylation sites is 1. The number of anilines is 2. The van der Waals surface area contributed by atoms with Crippen LogP contribution in [0.15, 0.2) is 59.5 Å². The quantitative estimate of drug-likeness (QED) is 0.332. The minimum Gasteiger partial charge on any atom is -0.488 e. The number of pyridine rings is 1. The van der Waals surface area contributed by atoms with Crippen LogP contribution in [0, 0.1) is 0 Å². The largest absolute Gasteiger partial charge is 0.488 e. The summed E-state index contributed by atoms with van der Waals surface area (Å²) in [6.45, 7) is 4.51. The van der Waals surface area contributed by atoms with Crippen molar-refractivity contribution in [3.63, 3.8) is 0 Å². The summed E-state index contributed by atoms with van der Waals surface area (Å²) in [5.41, 5.74) is 9.94. The van der Waals surface area contributed by atoms with Gasteiger partial charge in [0, 0.05) is 19.8 Å². The molecule has 1 aliphatic heterocycles. The third kappa shape index (κ3) is 4.57. The van der Waals surface area contributed by atoms with E-state index in [1.807, 2.05) is 54.4 Å². The average molecular weight is 525 g/mol. The van der Waals surface area contributed by atoms with Crippen molar-refractivity contribution in [1.82, 2.24) is 29.6 Å². The topological polar surface area (TPSA) is 118 Å². The van der Waals surface area contributed by atoms with Gasteiger partial charge in [-0.1, -0.05) is 37.3 Å². The van der Waals surface area contributed by atoms with E-state index >= 15 is 0 Å². The molecule has 3 aromatic heterocycles. The number of nitrogens with one attached hydrogen (secondary N) is 1. The van der Waals surface area contributed by atoms with Gasteiger partial charge in [-0.2, -0.15) is 10.1 Å². The number of hydrogen-bond acceptors (Lipinski definition) is 8. The van der Waals surface area contributed by atoms with Crippen LogP contribution in [-0.4, -0.2) is 62.9 Å². The highest BCUT2D eigenvalue weighted by molar-refractivity contribution is 6.05. The number of likely N-dealkylation sites (N-methyl/N-ethyl adjacent to an activating group) is 1. The van der Waals surface area contributed by atoms with E-state index in [0.717, 1.165) is 37.2 Å². The maximum absolute atomic E-state index is 13.8. The zero-order chi connectivity index (χ0) is 27.1. The van der Waals surface area contributed by atoms with E-state index in [4.69, 9.17) is 15.5 Å². The molecule has 0 radical (unpaired) electrons. The van der Waals surface area contributed by atoms with Crippen molar-refractivity contribution in [2.75, 3.05) is 37.8 Å². The van der Waals surface area contributed by atoms with E-state index in [1.165, 1.54) is 5.56 Å². The van der Waals surface area contributed by atoms with Gasteiger partial charge in [0.1, 0.15) is 17.2 Å². The third-order valence-electron chi connectivity index (χ3n) is 7.46. The molecule has 3 N–H and O–H groups in total. The van der Waals surface area contributed by atoms with E-state index in [-0.39, 0.29) is 17.5 Å². The fourth-order valence-corrected chi connectivity index (χ4v) is 5.18. The Labute approximate surface area is 226 Å². The second-order valence-corrected chi connectivity index (χ2v) is 10.2. The molecule has 0 amide bonds. The predicted octanol–water partition coefficient (Wildman–Crippen LogP) is 3.52. The Morgan fingerprint density at radius 1 is 1.15 bits per heavy atom. The molecule has 10 nitrogen and oxygen atoms in total. The monoisotopic (exact) mass is 524 g/mol. The lowest BCUT2D eigenvalue weighted by Gasteiger charge is -2.29. The molecule has 0 unspecified atom stereocenters. The molecule has 4 heterocycles. The van der Waals surface area contributed by atoms with Crippen LogP contribution in [0.5, 0.6) is 5.75 Å². The minimum absolute atomic E-state index is 0.00933. The summed E-state index contributed by atoms with van der Waals surface area (Å²) in [6, 6.07) is 16.1. The molecule has 6 rings (SSSR count). The van der Waals surface area contributed by atoms with Crippen LogP contribution in [0.3, 0.4) is 0 Å². The number of nitrogen functional groups attached to an aromatic ring is 1. The Morgan fingerprint density at radius 2 is 1.95 bits per heavy atom. The number of benzene rings is 2. The summed E-state index contributed by atoms with van der Waals surface area (Å²) in [4.78, 5) is 27.5. The minimum atomic E-state index is -0.276. The molecule has 39 heavy (non-hydrogen) atoms. The number of ether oxygens (including phenoxy) is 1. The van der Waals surface area contributed by atoms with Gasteiger partial charge in [-0.3, -0.25) is 14.5 Å². The summed E-state index contributed by atoms with van der Waals surface area (Å²) in [6.07, 6.45) is 3.62. The predicted molar refractivity (Wildman–Crippen MR) is 154 cm³/mol. The van der Waals surface area contributed by atoms with Gasteiger partial charge in [0.05, 0.1) is 23.1 Å². The van der Waals surface area contributed by atoms with Crippen molar-refractivity contribution < 1.29 is 4.74 Å². The summed E-state index contributed by atoms with van der Waals surface area (Å²) < 4.78 is 7.85. The van der Waals surface area contributed by atoms with Gasteiger partial charge < -0.3 is 20.3 Å². The Balaban J connectivity index is 1.39. The number of aromatic nitrogens is 5. The maximum atomic E-state index is 13.8. The SMILES string of the molecule is CCN(C)Cc1ccc(-n2c(=O)c3c(N)n[nH]c3c3cnc(N(C)C[C@H]4CCc5ccccc5O4)nc32)cc1. The van der Waals surface area contributed by atoms with Crippen molar-refractivity contribution in [1.29, 1.82) is 0 Å². The van der Waals surface area contributed by atoms with E-state index in [1.54, 1.807) is 10.8 Å². The fourth-order valence-electron chi connectivity index (χ4n) is 5.18. The molecule has 10 heteroatoms. The number of fused-ring (bicyclic) bond motifs is 4. The van der Waals surface area contributed by atoms with Gasteiger partial charge in [-0.05, 0) is 55.8 Å². The smallest absolute Gasteiger partial charge is 0.270 e. The normalized spacial score (nSPS) is 15.0. The highest BCUT2D eigenvalue weighted by Crippen LogP contribution is 2.29. The highest BCUT2D eigenvalue weighted by Gasteiger charge is 2.23. The van der Waals surface area contributed by atoms with Crippen LogP contribution >= 0.6 is 0 Å². The molecule has 0 saturated heterocycles. The molecule has 0 aliphatic carbocycles. The lowest BCUT2D eigenvalue weighted by atomic mass is 10.0. The molecule has 0 bridgehead atoms. The van der Waals surface area contributed by atoms with Crippen LogP contribution in [0.25, 0.3) is 27.6 Å². The lowest BCUT2D eigenvalue weighted by Crippen LogP contribution is -2.36. The van der Waals surface area contributed by atoms with Crippen LogP contribution < -0.4 is 20.9 Å². The first-order valence-corrected chi connectivity index (χ1v) is 13.2. The second kappa shape index (κ2) is 10.0. The number of H-pyrrole nitrogens is 1. The van der Waals surface area contributed by atoms with E-state index in [0.29, 0.717) is 40.1 Å². The molecule has 0 saturated carbocycles. The molecule has 5 aromatic rings. The lowest BCUT2D eigenvalue weighted by molar-refractivity contribution is 0.179. The highest BCUT2D eigenvalue weighted by atomic mass is 16.5. The van der Waals surface area contributed by atoms with Crippen LogP contribution in [0.4, 0.5) is 11.8 Å². The summed E-state index contributed by atoms with van der Waals surface area (Å²) >= 11 is 0. The van der Waals surface area contributed by atoms with Crippen molar-refractivity contribution in [3.8, 4) is 11.4 Å². The van der Waals surface area contributed by atoms with Gasteiger partial charge in [0.15, 0.2) is 11.5 Å². The maximum Gasteiger partial charge on any atom is 0.270 e. The number of nitrogens with two attached hydrogens (primary N) is 1. The van der Waals surface area contributed by atoms with Gasteiger partial charge in [-0.25, -0.2) is 4.98 Å². The zero-order valence-electron chi connectivity index (χ0n) is 22.4. The van der Waals surface area contributed by atoms with Gasteiger partial charge in [-0.15, -0.1) is 0 Å². The number of nitrogens with zero attached hydrogens (tertiary/aromatic N) is 6. The summed E-state index contributed by atoms with van der Waals surface area (Å²) in [5.74, 6) is 1.59. The zero-order valence-corrected chi connectivity index (χ0v) is 22.4. The molecule has 1 atom stereocenters. The summed E-state index contributed by atoms with van der Waals surface area (Å²) in [5, 5.41) is 8.01. The first-order valence-electron chi connectivity index (χ1n) is 13.2. The number of aryl methyl sites for hydroxylation is 1. The van der Waals surface area contributed by atoms with E-state index in [2.05, 4.69) is 40.1 Å². The Hall–Kier alpha value is -4.44. The van der Waals surface area contributed by atoms with Crippen LogP contribution in [0.2, 0.25) is 0 Å². The summed E-state index contributed by atoms with van der Waals surface area (Å²) in [7, 11) is 4.02. The van der Waals surface area contributed by atoms with E-state index in [9.17, 15) is 4.79 Å². The van der Waals surface area contributed by atoms with Crippen molar-refractivity contribution in [3.05, 3.63) is 76.2 Å². The Morgan fingerprint density at radius 3 is 2.74 bits per heavy atom. The molecule has 200 valence electrons. The van der Waals surface area contributed by atoms with Crippen molar-refractivity contribution in [2.24, 2.45) is 0 Å². The third-order valence-corrected chi connectivity index (χ3v) is 7.46. The Kier molecular flexibility index (Phi) is 6.40. The van der Waals surface area contributed by atoms with Crippen molar-refractivity contribution in [2.45, 2.75) is 32.4 Å². The van der Waals surface area contributed by atoms with Crippen molar-refractivity contribution >= 4 is 33.7 Å². The molecular formula is C29H32N8O2. The molecule has 0 fully saturated rings. The first-order chi connectivity index (χ1) is 18.9. The molecule has 0 spiro atoms. The van der Waals surface area contributed by atoms with Crippen LogP contribution in [-0.2, 0) is 13.0 Å². The average Bonchev–Trinajstić information content (AvgIpc) is 3.35.